The molecule has 0 spiro atoms. The fourth-order valence-corrected chi connectivity index (χ4v) is 0.955. The van der Waals surface area contributed by atoms with Crippen LogP contribution in [0.1, 0.15) is 0 Å². The molecule has 0 saturated heterocycles. The minimum Gasteiger partial charge on any atom is -0.371 e. The fourth-order valence-electron chi connectivity index (χ4n) is 0.955. The summed E-state index contributed by atoms with van der Waals surface area (Å²) in [6, 6.07) is 0. The molecule has 0 fully saturated rings. The van der Waals surface area contributed by atoms with Gasteiger partial charge < -0.3 is 10.3 Å². The summed E-state index contributed by atoms with van der Waals surface area (Å²) in [6.07, 6.45) is 3.08. The van der Waals surface area contributed by atoms with Crippen LogP contribution in [-0.2, 0) is 0 Å². The lowest BCUT2D eigenvalue weighted by molar-refractivity contribution is 1.19. The Kier molecular flexibility index (Phi) is 1.21. The molecule has 0 amide bonds. The van der Waals surface area contributed by atoms with Gasteiger partial charge in [-0.3, -0.25) is 0 Å². The Morgan fingerprint density at radius 1 is 1.36 bits per heavy atom. The lowest BCUT2D eigenvalue weighted by atomic mass is 10.6. The molecule has 0 saturated carbocycles. The summed E-state index contributed by atoms with van der Waals surface area (Å²) in [5.74, 6) is 0.771. The van der Waals surface area contributed by atoms with Crippen molar-refractivity contribution in [3.63, 3.8) is 0 Å². The van der Waals surface area contributed by atoms with E-state index in [1.807, 2.05) is 7.05 Å². The molecule has 2 aromatic rings. The summed E-state index contributed by atoms with van der Waals surface area (Å²) >= 11 is 0. The number of nitrogens with zero attached hydrogens (tertiary/aromatic N) is 3. The molecule has 0 aromatic carbocycles. The van der Waals surface area contributed by atoms with Gasteiger partial charge in [0, 0.05) is 7.05 Å². The van der Waals surface area contributed by atoms with Gasteiger partial charge in [-0.1, -0.05) is 0 Å². The first-order chi connectivity index (χ1) is 5.42. The summed E-state index contributed by atoms with van der Waals surface area (Å²) < 4.78 is 0. The average molecular weight is 152 g/mol. The van der Waals surface area contributed by atoms with Crippen LogP contribution in [0.4, 0.5) is 5.82 Å². The number of rotatable bonds is 1. The van der Waals surface area contributed by atoms with Crippen molar-refractivity contribution in [3.05, 3.63) is 12.7 Å². The summed E-state index contributed by atoms with van der Waals surface area (Å²) in [5, 5.41) is 2.93. The predicted molar refractivity (Wildman–Crippen MR) is 41.2 cm³/mol. The van der Waals surface area contributed by atoms with Crippen molar-refractivity contribution in [1.29, 1.82) is 0 Å². The Morgan fingerprint density at radius 2 is 2.27 bits per heavy atom. The molecule has 0 bridgehead atoms. The number of aromatic amines is 1. The minimum atomic E-state index is 0.685. The number of nitrogens with one attached hydrogen (secondary N) is 2. The molecular formula is C6H7N5. The van der Waals surface area contributed by atoms with E-state index in [9.17, 15) is 0 Å². The third-order valence-electron chi connectivity index (χ3n) is 1.46. The first-order valence-corrected chi connectivity index (χ1v) is 3.23. The highest BCUT2D eigenvalue weighted by Gasteiger charge is 2.01. The van der Waals surface area contributed by atoms with Crippen molar-refractivity contribution < 1.29 is 0 Å². The average Bonchev–Trinajstić information content (AvgIpc) is 2.50. The number of anilines is 1. The summed E-state index contributed by atoms with van der Waals surface area (Å²) in [5.41, 5.74) is 1.53. The van der Waals surface area contributed by atoms with Gasteiger partial charge in [0.2, 0.25) is 0 Å². The third kappa shape index (κ3) is 0.813. The topological polar surface area (TPSA) is 66.5 Å². The van der Waals surface area contributed by atoms with E-state index >= 15 is 0 Å². The molecule has 0 aliphatic heterocycles. The monoisotopic (exact) mass is 152 g/mol. The molecular weight excluding hydrogens is 145 g/mol. The van der Waals surface area contributed by atoms with Gasteiger partial charge >= 0.3 is 0 Å². The number of H-pyrrole nitrogens is 1. The molecule has 2 rings (SSSR count). The van der Waals surface area contributed by atoms with E-state index < -0.39 is 0 Å². The van der Waals surface area contributed by atoms with Gasteiger partial charge in [0.1, 0.15) is 11.8 Å². The maximum Gasteiger partial charge on any atom is 0.182 e. The molecule has 2 N–H and O–H groups in total. The second kappa shape index (κ2) is 2.19. The van der Waals surface area contributed by atoms with Gasteiger partial charge in [-0.2, -0.15) is 0 Å². The zero-order chi connectivity index (χ0) is 7.68. The van der Waals surface area contributed by atoms with Gasteiger partial charge in [-0.15, -0.1) is 0 Å². The normalized spacial score (nSPS) is 10.3. The molecule has 5 heteroatoms. The zero-order valence-corrected chi connectivity index (χ0v) is 6.00. The third-order valence-corrected chi connectivity index (χ3v) is 1.46. The molecule has 0 aliphatic rings. The number of hydrogen-bond acceptors (Lipinski definition) is 4. The van der Waals surface area contributed by atoms with Crippen LogP contribution in [0.25, 0.3) is 11.2 Å². The highest BCUT2D eigenvalue weighted by molar-refractivity contribution is 5.81. The van der Waals surface area contributed by atoms with Gasteiger partial charge in [-0.25, -0.2) is 15.0 Å². The molecule has 5 nitrogen and oxygen atoms in total. The highest BCUT2D eigenvalue weighted by atomic mass is 15.6. The predicted octanol–water partition coefficient (Wildman–Crippen LogP) is 0.395. The molecule has 0 radical (unpaired) electrons. The van der Waals surface area contributed by atoms with Crippen molar-refractivity contribution >= 4 is 17.0 Å². The van der Waals surface area contributed by atoms with Crippen molar-refractivity contribution in [2.24, 2.45) is 0 Å². The van der Waals surface area contributed by atoms with E-state index in [1.165, 1.54) is 6.33 Å². The first kappa shape index (κ1) is 6.09. The van der Waals surface area contributed by atoms with Crippen LogP contribution in [0.2, 0.25) is 0 Å². The number of hydrogen-bond donors (Lipinski definition) is 2. The van der Waals surface area contributed by atoms with E-state index in [2.05, 4.69) is 25.3 Å². The summed E-state index contributed by atoms with van der Waals surface area (Å²) in [4.78, 5) is 14.9. The Bertz CT molecular complexity index is 366. The molecule has 2 heterocycles. The zero-order valence-electron chi connectivity index (χ0n) is 6.00. The van der Waals surface area contributed by atoms with Crippen molar-refractivity contribution in [2.75, 3.05) is 12.4 Å². The molecule has 11 heavy (non-hydrogen) atoms. The molecule has 2 aromatic heterocycles. The van der Waals surface area contributed by atoms with E-state index in [0.717, 1.165) is 11.3 Å². The summed E-state index contributed by atoms with van der Waals surface area (Å²) in [7, 11) is 1.81. The van der Waals surface area contributed by atoms with Crippen molar-refractivity contribution in [3.8, 4) is 0 Å². The van der Waals surface area contributed by atoms with Crippen LogP contribution < -0.4 is 5.32 Å². The summed E-state index contributed by atoms with van der Waals surface area (Å²) in [6.45, 7) is 0. The standard InChI is InChI=1S/C6H7N5/c1-7-5-4-6(10-2-8-4)11-3-9-5/h2-3H,1H3,(H2,7,8,9,10,11)/i2+1,6+1,8+1. The largest absolute Gasteiger partial charge is 0.371 e. The smallest absolute Gasteiger partial charge is 0.182 e. The second-order valence-electron chi connectivity index (χ2n) is 2.07. The van der Waals surface area contributed by atoms with E-state index in [-0.39, 0.29) is 0 Å². The highest BCUT2D eigenvalue weighted by Crippen LogP contribution is 2.12. The van der Waals surface area contributed by atoms with Gasteiger partial charge in [0.05, 0.1) is 6.33 Å². The van der Waals surface area contributed by atoms with Crippen molar-refractivity contribution in [2.45, 2.75) is 0 Å². The maximum absolute atomic E-state index is 4.00. The van der Waals surface area contributed by atoms with Crippen molar-refractivity contribution in [1.82, 2.24) is 19.9 Å². The molecule has 56 valence electrons. The maximum atomic E-state index is 4.00. The second-order valence-corrected chi connectivity index (χ2v) is 2.07. The Labute approximate surface area is 62.9 Å². The van der Waals surface area contributed by atoms with Gasteiger partial charge in [0.25, 0.3) is 0 Å². The minimum absolute atomic E-state index is 0.685. The van der Waals surface area contributed by atoms with Crippen LogP contribution >= 0.6 is 0 Å². The number of imidazole rings is 1. The van der Waals surface area contributed by atoms with Gasteiger partial charge in [0.15, 0.2) is 11.5 Å². The van der Waals surface area contributed by atoms with Crippen LogP contribution in [0.5, 0.6) is 0 Å². The van der Waals surface area contributed by atoms with Crippen LogP contribution in [0, 0.1) is 0 Å². The lowest BCUT2D eigenvalue weighted by Gasteiger charge is -1.96. The molecule has 0 unspecified atom stereocenters. The number of aromatic nitrogens is 4. The molecule has 0 aliphatic carbocycles. The SMILES string of the molecule is CNc1ncn[13c]2n[13cH][15nH]c12. The van der Waals surface area contributed by atoms with Crippen LogP contribution in [0.15, 0.2) is 12.7 Å². The Morgan fingerprint density at radius 3 is 3.09 bits per heavy atom. The van der Waals surface area contributed by atoms with E-state index in [0.29, 0.717) is 5.65 Å². The van der Waals surface area contributed by atoms with E-state index in [4.69, 9.17) is 0 Å². The number of fused-ring (bicyclic) bond motifs is 1. The fraction of sp³-hybridized carbons (Fsp3) is 0.167. The van der Waals surface area contributed by atoms with Crippen LogP contribution in [0.3, 0.4) is 0 Å². The quantitative estimate of drug-likeness (QED) is 0.620. The van der Waals surface area contributed by atoms with Gasteiger partial charge in [-0.05, 0) is 0 Å². The molecule has 0 atom stereocenters. The Balaban J connectivity index is 2.79. The van der Waals surface area contributed by atoms with E-state index in [1.54, 1.807) is 6.33 Å². The lowest BCUT2D eigenvalue weighted by Crippen LogP contribution is -1.93. The van der Waals surface area contributed by atoms with Crippen LogP contribution in [-0.4, -0.2) is 27.0 Å². The first-order valence-electron chi connectivity index (χ1n) is 3.23. The Hall–Kier alpha value is -1.65.